The third-order valence-corrected chi connectivity index (χ3v) is 2.55. The Labute approximate surface area is 90.4 Å². The highest BCUT2D eigenvalue weighted by Gasteiger charge is 2.06. The van der Waals surface area contributed by atoms with E-state index in [1.807, 2.05) is 24.3 Å². The summed E-state index contributed by atoms with van der Waals surface area (Å²) in [6, 6.07) is 8.19. The quantitative estimate of drug-likeness (QED) is 0.736. The van der Waals surface area contributed by atoms with E-state index in [4.69, 9.17) is 17.3 Å². The van der Waals surface area contributed by atoms with Crippen LogP contribution in [0.25, 0.3) is 0 Å². The second-order valence-electron chi connectivity index (χ2n) is 3.34. The molecule has 0 aliphatic heterocycles. The second-order valence-corrected chi connectivity index (χ2v) is 3.75. The van der Waals surface area contributed by atoms with Crippen LogP contribution in [0.15, 0.2) is 24.3 Å². The zero-order valence-electron chi connectivity index (χ0n) is 8.46. The molecule has 3 heteroatoms. The monoisotopic (exact) mass is 212 g/mol. The molecule has 3 N–H and O–H groups in total. The van der Waals surface area contributed by atoms with E-state index in [0.717, 1.165) is 30.1 Å². The second kappa shape index (κ2) is 6.02. The fourth-order valence-corrected chi connectivity index (χ4v) is 1.66. The van der Waals surface area contributed by atoms with Crippen LogP contribution in [0.4, 0.5) is 0 Å². The van der Waals surface area contributed by atoms with Gasteiger partial charge in [0.25, 0.3) is 0 Å². The molecule has 0 spiro atoms. The van der Waals surface area contributed by atoms with Gasteiger partial charge in [0.1, 0.15) is 0 Å². The molecule has 0 aliphatic rings. The van der Waals surface area contributed by atoms with E-state index in [2.05, 4.69) is 12.2 Å². The summed E-state index contributed by atoms with van der Waals surface area (Å²) in [4.78, 5) is 0. The standard InChI is InChI=1S/C11H17ClN2/c1-9(14-8-4-7-13)10-5-2-3-6-11(10)12/h2-3,5-6,9,14H,4,7-8,13H2,1H3/t9-/m0/s1. The first kappa shape index (κ1) is 11.5. The number of rotatable bonds is 5. The fourth-order valence-electron chi connectivity index (χ4n) is 1.36. The van der Waals surface area contributed by atoms with Crippen LogP contribution >= 0.6 is 11.6 Å². The minimum atomic E-state index is 0.287. The van der Waals surface area contributed by atoms with Gasteiger partial charge < -0.3 is 11.1 Å². The van der Waals surface area contributed by atoms with Crippen LogP contribution in [0.5, 0.6) is 0 Å². The predicted octanol–water partition coefficient (Wildman–Crippen LogP) is 2.34. The van der Waals surface area contributed by atoms with Crippen molar-refractivity contribution in [2.75, 3.05) is 13.1 Å². The van der Waals surface area contributed by atoms with Crippen molar-refractivity contribution < 1.29 is 0 Å². The van der Waals surface area contributed by atoms with Crippen LogP contribution in [0.1, 0.15) is 24.9 Å². The van der Waals surface area contributed by atoms with E-state index < -0.39 is 0 Å². The van der Waals surface area contributed by atoms with Gasteiger partial charge in [-0.2, -0.15) is 0 Å². The molecule has 1 aromatic rings. The van der Waals surface area contributed by atoms with Gasteiger partial charge >= 0.3 is 0 Å². The average molecular weight is 213 g/mol. The minimum Gasteiger partial charge on any atom is -0.330 e. The lowest BCUT2D eigenvalue weighted by Crippen LogP contribution is -2.22. The van der Waals surface area contributed by atoms with Crippen molar-refractivity contribution in [3.8, 4) is 0 Å². The van der Waals surface area contributed by atoms with Gasteiger partial charge in [-0.15, -0.1) is 0 Å². The average Bonchev–Trinajstić information content (AvgIpc) is 2.18. The Morgan fingerprint density at radius 3 is 2.79 bits per heavy atom. The Morgan fingerprint density at radius 2 is 2.14 bits per heavy atom. The molecule has 1 aromatic carbocycles. The highest BCUT2D eigenvalue weighted by atomic mass is 35.5. The molecule has 14 heavy (non-hydrogen) atoms. The van der Waals surface area contributed by atoms with Crippen LogP contribution in [0.3, 0.4) is 0 Å². The van der Waals surface area contributed by atoms with Crippen molar-refractivity contribution in [2.24, 2.45) is 5.73 Å². The lowest BCUT2D eigenvalue weighted by Gasteiger charge is -2.15. The third kappa shape index (κ3) is 3.29. The van der Waals surface area contributed by atoms with Gasteiger partial charge in [0.15, 0.2) is 0 Å². The molecule has 78 valence electrons. The highest BCUT2D eigenvalue weighted by Crippen LogP contribution is 2.21. The normalized spacial score (nSPS) is 12.8. The summed E-state index contributed by atoms with van der Waals surface area (Å²) in [6.07, 6.45) is 0.995. The smallest absolute Gasteiger partial charge is 0.0453 e. The third-order valence-electron chi connectivity index (χ3n) is 2.20. The van der Waals surface area contributed by atoms with Crippen LogP contribution in [-0.4, -0.2) is 13.1 Å². The molecule has 0 amide bonds. The van der Waals surface area contributed by atoms with Gasteiger partial charge in [0, 0.05) is 11.1 Å². The molecule has 0 aromatic heterocycles. The number of nitrogens with one attached hydrogen (secondary N) is 1. The predicted molar refractivity (Wildman–Crippen MR) is 61.5 cm³/mol. The van der Waals surface area contributed by atoms with Gasteiger partial charge in [-0.05, 0) is 38.1 Å². The zero-order valence-corrected chi connectivity index (χ0v) is 9.22. The summed E-state index contributed by atoms with van der Waals surface area (Å²) < 4.78 is 0. The van der Waals surface area contributed by atoms with E-state index in [1.54, 1.807) is 0 Å². The van der Waals surface area contributed by atoms with Crippen LogP contribution in [-0.2, 0) is 0 Å². The Morgan fingerprint density at radius 1 is 1.43 bits per heavy atom. The van der Waals surface area contributed by atoms with Crippen molar-refractivity contribution in [3.05, 3.63) is 34.9 Å². The van der Waals surface area contributed by atoms with Crippen LogP contribution in [0, 0.1) is 0 Å². The maximum absolute atomic E-state index is 6.07. The molecule has 1 atom stereocenters. The molecule has 2 nitrogen and oxygen atoms in total. The highest BCUT2D eigenvalue weighted by molar-refractivity contribution is 6.31. The summed E-state index contributed by atoms with van der Waals surface area (Å²) in [5.41, 5.74) is 6.56. The van der Waals surface area contributed by atoms with Crippen molar-refractivity contribution in [1.29, 1.82) is 0 Å². The SMILES string of the molecule is C[C@H](NCCCN)c1ccccc1Cl. The van der Waals surface area contributed by atoms with Crippen LogP contribution < -0.4 is 11.1 Å². The maximum atomic E-state index is 6.07. The van der Waals surface area contributed by atoms with Gasteiger partial charge in [-0.1, -0.05) is 29.8 Å². The summed E-state index contributed by atoms with van der Waals surface area (Å²) >= 11 is 6.07. The molecular weight excluding hydrogens is 196 g/mol. The Balaban J connectivity index is 2.51. The van der Waals surface area contributed by atoms with Gasteiger partial charge in [-0.25, -0.2) is 0 Å². The number of benzene rings is 1. The first-order valence-electron chi connectivity index (χ1n) is 4.93. The topological polar surface area (TPSA) is 38.0 Å². The molecule has 0 aliphatic carbocycles. The summed E-state index contributed by atoms with van der Waals surface area (Å²) in [5.74, 6) is 0. The Kier molecular flexibility index (Phi) is 4.94. The van der Waals surface area contributed by atoms with Crippen molar-refractivity contribution >= 4 is 11.6 Å². The van der Waals surface area contributed by atoms with Crippen molar-refractivity contribution in [1.82, 2.24) is 5.32 Å². The molecule has 0 radical (unpaired) electrons. The lowest BCUT2D eigenvalue weighted by atomic mass is 10.1. The van der Waals surface area contributed by atoms with Crippen molar-refractivity contribution in [3.63, 3.8) is 0 Å². The number of hydrogen-bond donors (Lipinski definition) is 2. The molecular formula is C11H17ClN2. The first-order valence-corrected chi connectivity index (χ1v) is 5.31. The maximum Gasteiger partial charge on any atom is 0.0453 e. The van der Waals surface area contributed by atoms with Gasteiger partial charge in [0.2, 0.25) is 0 Å². The molecule has 0 saturated carbocycles. The number of hydrogen-bond acceptors (Lipinski definition) is 2. The summed E-state index contributed by atoms with van der Waals surface area (Å²) in [6.45, 7) is 3.77. The van der Waals surface area contributed by atoms with E-state index in [9.17, 15) is 0 Å². The Bertz CT molecular complexity index is 276. The Hall–Kier alpha value is -0.570. The summed E-state index contributed by atoms with van der Waals surface area (Å²) in [7, 11) is 0. The molecule has 0 unspecified atom stereocenters. The molecule has 0 saturated heterocycles. The lowest BCUT2D eigenvalue weighted by molar-refractivity contribution is 0.562. The molecule has 0 heterocycles. The minimum absolute atomic E-state index is 0.287. The zero-order chi connectivity index (χ0) is 10.4. The fraction of sp³-hybridized carbons (Fsp3) is 0.455. The number of nitrogens with two attached hydrogens (primary N) is 1. The van der Waals surface area contributed by atoms with E-state index in [0.29, 0.717) is 0 Å². The molecule has 0 bridgehead atoms. The van der Waals surface area contributed by atoms with Crippen molar-refractivity contribution in [2.45, 2.75) is 19.4 Å². The van der Waals surface area contributed by atoms with Gasteiger partial charge in [-0.3, -0.25) is 0 Å². The van der Waals surface area contributed by atoms with E-state index in [1.165, 1.54) is 0 Å². The molecule has 1 rings (SSSR count). The number of halogens is 1. The summed E-state index contributed by atoms with van der Waals surface area (Å²) in [5, 5.41) is 4.20. The van der Waals surface area contributed by atoms with E-state index >= 15 is 0 Å². The first-order chi connectivity index (χ1) is 6.75. The largest absolute Gasteiger partial charge is 0.330 e. The van der Waals surface area contributed by atoms with Crippen LogP contribution in [0.2, 0.25) is 5.02 Å². The van der Waals surface area contributed by atoms with E-state index in [-0.39, 0.29) is 6.04 Å². The van der Waals surface area contributed by atoms with Gasteiger partial charge in [0.05, 0.1) is 0 Å². The molecule has 0 fully saturated rings.